The van der Waals surface area contributed by atoms with E-state index in [1.807, 2.05) is 17.5 Å². The van der Waals surface area contributed by atoms with Gasteiger partial charge in [0.25, 0.3) is 5.91 Å². The number of nitrogens with one attached hydrogen (secondary N) is 1. The lowest BCUT2D eigenvalue weighted by Crippen LogP contribution is -2.38. The van der Waals surface area contributed by atoms with E-state index in [0.29, 0.717) is 19.4 Å². The van der Waals surface area contributed by atoms with E-state index in [2.05, 4.69) is 5.32 Å². The predicted molar refractivity (Wildman–Crippen MR) is 98.5 cm³/mol. The van der Waals surface area contributed by atoms with Gasteiger partial charge in [0.2, 0.25) is 0 Å². The number of esters is 1. The SMILES string of the molecule is O=C(COC(=O)C1(c2ccc(F)cc2)CCCC1)NCCc1cccs1. The minimum absolute atomic E-state index is 0.285. The fourth-order valence-corrected chi connectivity index (χ4v) is 4.17. The van der Waals surface area contributed by atoms with Gasteiger partial charge in [-0.1, -0.05) is 31.0 Å². The quantitative estimate of drug-likeness (QED) is 0.753. The van der Waals surface area contributed by atoms with Crippen LogP contribution in [0, 0.1) is 5.82 Å². The third-order valence-corrected chi connectivity index (χ3v) is 5.79. The number of ether oxygens (including phenoxy) is 1. The summed E-state index contributed by atoms with van der Waals surface area (Å²) in [6.45, 7) is 0.228. The maximum atomic E-state index is 13.2. The summed E-state index contributed by atoms with van der Waals surface area (Å²) in [6, 6.07) is 10.00. The zero-order valence-electron chi connectivity index (χ0n) is 14.5. The first-order chi connectivity index (χ1) is 12.6. The molecule has 1 aromatic heterocycles. The van der Waals surface area contributed by atoms with Crippen molar-refractivity contribution < 1.29 is 18.7 Å². The van der Waals surface area contributed by atoms with E-state index in [9.17, 15) is 14.0 Å². The van der Waals surface area contributed by atoms with Crippen molar-refractivity contribution in [2.75, 3.05) is 13.2 Å². The molecule has 0 atom stereocenters. The number of carbonyl (C=O) groups is 2. The van der Waals surface area contributed by atoms with Crippen LogP contribution in [-0.2, 0) is 26.2 Å². The molecule has 1 amide bonds. The molecule has 6 heteroatoms. The topological polar surface area (TPSA) is 55.4 Å². The van der Waals surface area contributed by atoms with Gasteiger partial charge in [-0.3, -0.25) is 9.59 Å². The Morgan fingerprint density at radius 2 is 1.88 bits per heavy atom. The fraction of sp³-hybridized carbons (Fsp3) is 0.400. The molecule has 1 aliphatic carbocycles. The Morgan fingerprint density at radius 1 is 1.15 bits per heavy atom. The Labute approximate surface area is 156 Å². The molecule has 0 spiro atoms. The maximum absolute atomic E-state index is 13.2. The van der Waals surface area contributed by atoms with E-state index in [4.69, 9.17) is 4.74 Å². The van der Waals surface area contributed by atoms with Crippen molar-refractivity contribution in [3.63, 3.8) is 0 Å². The molecule has 0 unspecified atom stereocenters. The van der Waals surface area contributed by atoms with Crippen LogP contribution in [0.4, 0.5) is 4.39 Å². The number of halogens is 1. The van der Waals surface area contributed by atoms with Crippen molar-refractivity contribution in [1.82, 2.24) is 5.32 Å². The van der Waals surface area contributed by atoms with Gasteiger partial charge >= 0.3 is 5.97 Å². The summed E-state index contributed by atoms with van der Waals surface area (Å²) in [5, 5.41) is 4.76. The number of thiophene rings is 1. The average Bonchev–Trinajstić information content (AvgIpc) is 3.33. The predicted octanol–water partition coefficient (Wildman–Crippen LogP) is 3.60. The van der Waals surface area contributed by atoms with Crippen molar-refractivity contribution in [2.45, 2.75) is 37.5 Å². The van der Waals surface area contributed by atoms with Gasteiger partial charge in [-0.15, -0.1) is 11.3 Å². The molecule has 1 N–H and O–H groups in total. The third-order valence-electron chi connectivity index (χ3n) is 4.85. The Kier molecular flexibility index (Phi) is 6.04. The van der Waals surface area contributed by atoms with E-state index in [1.54, 1.807) is 23.5 Å². The molecular weight excluding hydrogens is 353 g/mol. The highest BCUT2D eigenvalue weighted by atomic mass is 32.1. The minimum Gasteiger partial charge on any atom is -0.455 e. The summed E-state index contributed by atoms with van der Waals surface area (Å²) < 4.78 is 18.5. The highest BCUT2D eigenvalue weighted by Gasteiger charge is 2.44. The first-order valence-electron chi connectivity index (χ1n) is 8.82. The molecule has 1 aromatic carbocycles. The molecular formula is C20H22FNO3S. The van der Waals surface area contributed by atoms with Crippen LogP contribution in [0.15, 0.2) is 41.8 Å². The van der Waals surface area contributed by atoms with Crippen LogP contribution in [-0.4, -0.2) is 25.0 Å². The second-order valence-electron chi connectivity index (χ2n) is 6.55. The number of hydrogen-bond acceptors (Lipinski definition) is 4. The standard InChI is InChI=1S/C20H22FNO3S/c21-16-7-5-15(6-8-16)20(10-1-2-11-20)19(24)25-14-18(23)22-12-9-17-4-3-13-26-17/h3-8,13H,1-2,9-12,14H2,(H,22,23). The number of hydrogen-bond donors (Lipinski definition) is 1. The second-order valence-corrected chi connectivity index (χ2v) is 7.58. The zero-order valence-corrected chi connectivity index (χ0v) is 15.3. The molecule has 1 fully saturated rings. The molecule has 0 saturated heterocycles. The van der Waals surface area contributed by atoms with Crippen molar-refractivity contribution in [1.29, 1.82) is 0 Å². The molecule has 1 heterocycles. The van der Waals surface area contributed by atoms with E-state index in [0.717, 1.165) is 24.8 Å². The van der Waals surface area contributed by atoms with Gasteiger partial charge in [-0.25, -0.2) is 4.39 Å². The minimum atomic E-state index is -0.759. The summed E-state index contributed by atoms with van der Waals surface area (Å²) in [5.41, 5.74) is 0.00445. The van der Waals surface area contributed by atoms with Gasteiger partial charge < -0.3 is 10.1 Å². The summed E-state index contributed by atoms with van der Waals surface area (Å²) >= 11 is 1.64. The fourth-order valence-electron chi connectivity index (χ4n) is 3.46. The lowest BCUT2D eigenvalue weighted by molar-refractivity contribution is -0.154. The third kappa shape index (κ3) is 4.30. The van der Waals surface area contributed by atoms with Crippen LogP contribution < -0.4 is 5.32 Å². The van der Waals surface area contributed by atoms with Crippen molar-refractivity contribution in [3.8, 4) is 0 Å². The molecule has 4 nitrogen and oxygen atoms in total. The number of carbonyl (C=O) groups excluding carboxylic acids is 2. The summed E-state index contributed by atoms with van der Waals surface area (Å²) in [4.78, 5) is 25.9. The lowest BCUT2D eigenvalue weighted by Gasteiger charge is -2.27. The largest absolute Gasteiger partial charge is 0.455 e. The highest BCUT2D eigenvalue weighted by Crippen LogP contribution is 2.42. The number of amides is 1. The Hall–Kier alpha value is -2.21. The van der Waals surface area contributed by atoms with Crippen molar-refractivity contribution in [2.24, 2.45) is 0 Å². The maximum Gasteiger partial charge on any atom is 0.317 e. The van der Waals surface area contributed by atoms with Gasteiger partial charge in [-0.05, 0) is 48.4 Å². The van der Waals surface area contributed by atoms with Gasteiger partial charge in [0.15, 0.2) is 6.61 Å². The normalized spacial score (nSPS) is 15.6. The molecule has 2 aromatic rings. The molecule has 1 aliphatic rings. The summed E-state index contributed by atoms with van der Waals surface area (Å²) in [6.07, 6.45) is 3.92. The number of benzene rings is 1. The van der Waals surface area contributed by atoms with E-state index < -0.39 is 11.4 Å². The van der Waals surface area contributed by atoms with Crippen molar-refractivity contribution >= 4 is 23.2 Å². The van der Waals surface area contributed by atoms with Crippen molar-refractivity contribution in [3.05, 3.63) is 58.0 Å². The molecule has 0 bridgehead atoms. The molecule has 138 valence electrons. The molecule has 3 rings (SSSR count). The molecule has 0 radical (unpaired) electrons. The van der Waals surface area contributed by atoms with E-state index in [-0.39, 0.29) is 18.3 Å². The Morgan fingerprint density at radius 3 is 2.54 bits per heavy atom. The van der Waals surface area contributed by atoms with E-state index >= 15 is 0 Å². The van der Waals surface area contributed by atoms with Crippen LogP contribution >= 0.6 is 11.3 Å². The summed E-state index contributed by atoms with van der Waals surface area (Å²) in [7, 11) is 0. The monoisotopic (exact) mass is 375 g/mol. The zero-order chi connectivity index (χ0) is 18.4. The average molecular weight is 375 g/mol. The smallest absolute Gasteiger partial charge is 0.317 e. The number of rotatable bonds is 7. The Balaban J connectivity index is 1.53. The van der Waals surface area contributed by atoms with Crippen LogP contribution in [0.25, 0.3) is 0 Å². The van der Waals surface area contributed by atoms with Crippen LogP contribution in [0.3, 0.4) is 0 Å². The Bertz CT molecular complexity index is 737. The van der Waals surface area contributed by atoms with Crippen LogP contribution in [0.1, 0.15) is 36.1 Å². The van der Waals surface area contributed by atoms with Crippen LogP contribution in [0.5, 0.6) is 0 Å². The highest BCUT2D eigenvalue weighted by molar-refractivity contribution is 7.09. The van der Waals surface area contributed by atoms with E-state index in [1.165, 1.54) is 17.0 Å². The van der Waals surface area contributed by atoms with Gasteiger partial charge in [0, 0.05) is 11.4 Å². The second kappa shape index (κ2) is 8.45. The van der Waals surface area contributed by atoms with Crippen LogP contribution in [0.2, 0.25) is 0 Å². The molecule has 26 heavy (non-hydrogen) atoms. The summed E-state index contributed by atoms with van der Waals surface area (Å²) in [5.74, 6) is -1.03. The first kappa shape index (κ1) is 18.6. The van der Waals surface area contributed by atoms with Gasteiger partial charge in [0.1, 0.15) is 5.82 Å². The van der Waals surface area contributed by atoms with Gasteiger partial charge in [0.05, 0.1) is 5.41 Å². The lowest BCUT2D eigenvalue weighted by atomic mass is 9.79. The molecule has 0 aliphatic heterocycles. The van der Waals surface area contributed by atoms with Gasteiger partial charge in [-0.2, -0.15) is 0 Å². The first-order valence-corrected chi connectivity index (χ1v) is 9.70. The molecule has 1 saturated carbocycles.